The van der Waals surface area contributed by atoms with E-state index in [1.165, 1.54) is 0 Å². The van der Waals surface area contributed by atoms with Gasteiger partial charge in [0.25, 0.3) is 0 Å². The van der Waals surface area contributed by atoms with Crippen LogP contribution in [0, 0.1) is 6.92 Å². The molecule has 2 aromatic rings. The van der Waals surface area contributed by atoms with E-state index in [4.69, 9.17) is 4.74 Å². The van der Waals surface area contributed by atoms with Crippen molar-refractivity contribution in [2.45, 2.75) is 13.3 Å². The summed E-state index contributed by atoms with van der Waals surface area (Å²) in [5.74, 6) is 0.602. The zero-order chi connectivity index (χ0) is 14.5. The Hall–Kier alpha value is -1.81. The van der Waals surface area contributed by atoms with Gasteiger partial charge < -0.3 is 10.1 Å². The molecule has 0 saturated carbocycles. The first kappa shape index (κ1) is 14.6. The first-order valence-corrected chi connectivity index (χ1v) is 7.06. The van der Waals surface area contributed by atoms with E-state index in [0.29, 0.717) is 17.9 Å². The predicted octanol–water partition coefficient (Wildman–Crippen LogP) is 3.95. The Labute approximate surface area is 127 Å². The third-order valence-corrected chi connectivity index (χ3v) is 3.38. The number of benzene rings is 2. The van der Waals surface area contributed by atoms with Crippen molar-refractivity contribution in [2.24, 2.45) is 0 Å². The number of aryl methyl sites for hydroxylation is 1. The van der Waals surface area contributed by atoms with Crippen molar-refractivity contribution in [3.63, 3.8) is 0 Å². The number of nitrogens with one attached hydrogen (secondary N) is 1. The third kappa shape index (κ3) is 3.84. The number of rotatable bonds is 4. The highest BCUT2D eigenvalue weighted by atomic mass is 79.9. The highest BCUT2D eigenvalue weighted by Crippen LogP contribution is 2.25. The summed E-state index contributed by atoms with van der Waals surface area (Å²) in [7, 11) is 1.59. The maximum Gasteiger partial charge on any atom is 0.228 e. The Bertz CT molecular complexity index is 626. The van der Waals surface area contributed by atoms with Gasteiger partial charge in [-0.15, -0.1) is 0 Å². The van der Waals surface area contributed by atoms with Gasteiger partial charge in [0.15, 0.2) is 0 Å². The Morgan fingerprint density at radius 2 is 2.05 bits per heavy atom. The van der Waals surface area contributed by atoms with Gasteiger partial charge in [0.05, 0.1) is 19.2 Å². The fraction of sp³-hybridized carbons (Fsp3) is 0.188. The van der Waals surface area contributed by atoms with E-state index in [-0.39, 0.29) is 5.91 Å². The lowest BCUT2D eigenvalue weighted by Gasteiger charge is -2.11. The normalized spacial score (nSPS) is 10.2. The van der Waals surface area contributed by atoms with Gasteiger partial charge in [0.2, 0.25) is 5.91 Å². The molecule has 0 spiro atoms. The predicted molar refractivity (Wildman–Crippen MR) is 84.2 cm³/mol. The van der Waals surface area contributed by atoms with Crippen LogP contribution < -0.4 is 10.1 Å². The van der Waals surface area contributed by atoms with Crippen molar-refractivity contribution in [1.82, 2.24) is 0 Å². The van der Waals surface area contributed by atoms with E-state index < -0.39 is 0 Å². The standard InChI is InChI=1S/C16H16BrNO2/c1-11-6-7-15(20-2)14(8-11)18-16(19)10-12-4-3-5-13(17)9-12/h3-9H,10H2,1-2H3,(H,18,19). The minimum atomic E-state index is -0.0630. The average molecular weight is 334 g/mol. The van der Waals surface area contributed by atoms with E-state index >= 15 is 0 Å². The molecule has 0 saturated heterocycles. The minimum Gasteiger partial charge on any atom is -0.495 e. The number of anilines is 1. The molecule has 1 amide bonds. The van der Waals surface area contributed by atoms with Gasteiger partial charge in [0.1, 0.15) is 5.75 Å². The number of carbonyl (C=O) groups is 1. The highest BCUT2D eigenvalue weighted by molar-refractivity contribution is 9.10. The van der Waals surface area contributed by atoms with Gasteiger partial charge in [-0.3, -0.25) is 4.79 Å². The summed E-state index contributed by atoms with van der Waals surface area (Å²) in [5.41, 5.74) is 2.74. The summed E-state index contributed by atoms with van der Waals surface area (Å²) in [6.45, 7) is 1.98. The lowest BCUT2D eigenvalue weighted by molar-refractivity contribution is -0.115. The number of hydrogen-bond donors (Lipinski definition) is 1. The molecule has 0 aliphatic heterocycles. The van der Waals surface area contributed by atoms with Crippen LogP contribution in [0.3, 0.4) is 0 Å². The average Bonchev–Trinajstić information content (AvgIpc) is 2.38. The number of ether oxygens (including phenoxy) is 1. The van der Waals surface area contributed by atoms with E-state index in [2.05, 4.69) is 21.2 Å². The molecule has 0 bridgehead atoms. The Morgan fingerprint density at radius 3 is 2.75 bits per heavy atom. The summed E-state index contributed by atoms with van der Waals surface area (Å²) in [5, 5.41) is 2.89. The monoisotopic (exact) mass is 333 g/mol. The smallest absolute Gasteiger partial charge is 0.228 e. The Balaban J connectivity index is 2.10. The molecule has 0 atom stereocenters. The maximum absolute atomic E-state index is 12.1. The molecule has 0 aliphatic rings. The molecule has 0 fully saturated rings. The van der Waals surface area contributed by atoms with Crippen LogP contribution in [-0.2, 0) is 11.2 Å². The van der Waals surface area contributed by atoms with Gasteiger partial charge in [-0.25, -0.2) is 0 Å². The number of methoxy groups -OCH3 is 1. The molecule has 2 rings (SSSR count). The Kier molecular flexibility index (Phi) is 4.79. The van der Waals surface area contributed by atoms with Crippen molar-refractivity contribution in [2.75, 3.05) is 12.4 Å². The molecule has 2 aromatic carbocycles. The zero-order valence-corrected chi connectivity index (χ0v) is 13.0. The van der Waals surface area contributed by atoms with Crippen molar-refractivity contribution in [1.29, 1.82) is 0 Å². The van der Waals surface area contributed by atoms with Crippen LogP contribution in [0.15, 0.2) is 46.9 Å². The lowest BCUT2D eigenvalue weighted by atomic mass is 10.1. The molecule has 0 radical (unpaired) electrons. The van der Waals surface area contributed by atoms with Crippen LogP contribution in [0.25, 0.3) is 0 Å². The molecule has 0 heterocycles. The van der Waals surface area contributed by atoms with Crippen LogP contribution in [0.4, 0.5) is 5.69 Å². The van der Waals surface area contributed by atoms with Gasteiger partial charge in [-0.05, 0) is 42.3 Å². The van der Waals surface area contributed by atoms with Gasteiger partial charge in [-0.1, -0.05) is 34.1 Å². The minimum absolute atomic E-state index is 0.0630. The Morgan fingerprint density at radius 1 is 1.25 bits per heavy atom. The van der Waals surface area contributed by atoms with E-state index in [0.717, 1.165) is 15.6 Å². The van der Waals surface area contributed by atoms with Crippen LogP contribution in [0.2, 0.25) is 0 Å². The fourth-order valence-electron chi connectivity index (χ4n) is 1.95. The van der Waals surface area contributed by atoms with Gasteiger partial charge in [0, 0.05) is 4.47 Å². The second-order valence-electron chi connectivity index (χ2n) is 4.56. The molecule has 3 nitrogen and oxygen atoms in total. The summed E-state index contributed by atoms with van der Waals surface area (Å²) in [4.78, 5) is 12.1. The highest BCUT2D eigenvalue weighted by Gasteiger charge is 2.08. The first-order valence-electron chi connectivity index (χ1n) is 6.27. The number of amides is 1. The van der Waals surface area contributed by atoms with E-state index in [1.54, 1.807) is 7.11 Å². The number of halogens is 1. The summed E-state index contributed by atoms with van der Waals surface area (Å²) >= 11 is 3.40. The van der Waals surface area contributed by atoms with Crippen LogP contribution in [-0.4, -0.2) is 13.0 Å². The number of hydrogen-bond acceptors (Lipinski definition) is 2. The summed E-state index contributed by atoms with van der Waals surface area (Å²) in [6, 6.07) is 13.4. The molecular weight excluding hydrogens is 318 g/mol. The van der Waals surface area contributed by atoms with E-state index in [9.17, 15) is 4.79 Å². The molecule has 0 aliphatic carbocycles. The molecule has 20 heavy (non-hydrogen) atoms. The van der Waals surface area contributed by atoms with Crippen molar-refractivity contribution >= 4 is 27.5 Å². The van der Waals surface area contributed by atoms with Crippen molar-refractivity contribution in [3.05, 3.63) is 58.1 Å². The zero-order valence-electron chi connectivity index (χ0n) is 11.4. The van der Waals surface area contributed by atoms with Crippen LogP contribution in [0.1, 0.15) is 11.1 Å². The van der Waals surface area contributed by atoms with Crippen LogP contribution in [0.5, 0.6) is 5.75 Å². The topological polar surface area (TPSA) is 38.3 Å². The fourth-order valence-corrected chi connectivity index (χ4v) is 2.39. The molecule has 104 valence electrons. The SMILES string of the molecule is COc1ccc(C)cc1NC(=O)Cc1cccc(Br)c1. The summed E-state index contributed by atoms with van der Waals surface area (Å²) < 4.78 is 6.22. The van der Waals surface area contributed by atoms with Gasteiger partial charge in [-0.2, -0.15) is 0 Å². The lowest BCUT2D eigenvalue weighted by Crippen LogP contribution is -2.15. The molecule has 0 aromatic heterocycles. The molecular formula is C16H16BrNO2. The largest absolute Gasteiger partial charge is 0.495 e. The van der Waals surface area contributed by atoms with E-state index in [1.807, 2.05) is 49.4 Å². The number of carbonyl (C=O) groups excluding carboxylic acids is 1. The van der Waals surface area contributed by atoms with Gasteiger partial charge >= 0.3 is 0 Å². The van der Waals surface area contributed by atoms with Crippen LogP contribution >= 0.6 is 15.9 Å². The van der Waals surface area contributed by atoms with Crippen molar-refractivity contribution in [3.8, 4) is 5.75 Å². The quantitative estimate of drug-likeness (QED) is 0.919. The third-order valence-electron chi connectivity index (χ3n) is 2.88. The van der Waals surface area contributed by atoms with Crippen molar-refractivity contribution < 1.29 is 9.53 Å². The second-order valence-corrected chi connectivity index (χ2v) is 5.47. The molecule has 0 unspecified atom stereocenters. The maximum atomic E-state index is 12.1. The summed E-state index contributed by atoms with van der Waals surface area (Å²) in [6.07, 6.45) is 0.330. The molecule has 1 N–H and O–H groups in total. The molecule has 4 heteroatoms. The first-order chi connectivity index (χ1) is 9.58. The second kappa shape index (κ2) is 6.57.